The zero-order valence-electron chi connectivity index (χ0n) is 17.9. The van der Waals surface area contributed by atoms with Crippen molar-refractivity contribution in [3.63, 3.8) is 0 Å². The van der Waals surface area contributed by atoms with Crippen molar-refractivity contribution >= 4 is 28.4 Å². The Bertz CT molecular complexity index is 1230. The number of pyridine rings is 1. The second kappa shape index (κ2) is 8.84. The van der Waals surface area contributed by atoms with E-state index in [1.165, 1.54) is 0 Å². The van der Waals surface area contributed by atoms with E-state index in [0.29, 0.717) is 34.6 Å². The molecule has 1 aliphatic rings. The molecule has 5 rings (SSSR count). The van der Waals surface area contributed by atoms with Crippen LogP contribution in [0.1, 0.15) is 31.4 Å². The third kappa shape index (κ3) is 4.18. The molecule has 0 aliphatic carbocycles. The Balaban J connectivity index is 1.41. The second-order valence-corrected chi connectivity index (χ2v) is 8.75. The maximum atomic E-state index is 6.20. The van der Waals surface area contributed by atoms with Crippen molar-refractivity contribution < 1.29 is 9.15 Å². The SMILES string of the molecule is CC(Cc1cccc(Cl)c1)Oc1c(N)ncc2c(-c3cnn(C4CCNCC4)c3)coc12. The van der Waals surface area contributed by atoms with Crippen LogP contribution >= 0.6 is 11.6 Å². The van der Waals surface area contributed by atoms with Crippen LogP contribution in [-0.2, 0) is 6.42 Å². The number of piperidine rings is 1. The summed E-state index contributed by atoms with van der Waals surface area (Å²) in [5.41, 5.74) is 9.77. The minimum absolute atomic E-state index is 0.139. The number of hydrogen-bond donors (Lipinski definition) is 2. The molecule has 1 saturated heterocycles. The largest absolute Gasteiger partial charge is 0.483 e. The van der Waals surface area contributed by atoms with E-state index < -0.39 is 0 Å². The van der Waals surface area contributed by atoms with Gasteiger partial charge in [0.25, 0.3) is 0 Å². The molecule has 7 nitrogen and oxygen atoms in total. The molecular formula is C24H26ClN5O2. The average molecular weight is 452 g/mol. The van der Waals surface area contributed by atoms with Crippen LogP contribution < -0.4 is 15.8 Å². The van der Waals surface area contributed by atoms with Gasteiger partial charge in [0.15, 0.2) is 11.4 Å². The van der Waals surface area contributed by atoms with Crippen LogP contribution in [0.3, 0.4) is 0 Å². The molecular weight excluding hydrogens is 426 g/mol. The summed E-state index contributed by atoms with van der Waals surface area (Å²) in [6.07, 6.45) is 10.1. The Morgan fingerprint density at radius 3 is 2.97 bits per heavy atom. The molecule has 0 saturated carbocycles. The van der Waals surface area contributed by atoms with Gasteiger partial charge in [-0.05, 0) is 50.6 Å². The van der Waals surface area contributed by atoms with Crippen LogP contribution in [0.5, 0.6) is 5.75 Å². The molecule has 4 heterocycles. The number of nitrogens with two attached hydrogens (primary N) is 1. The van der Waals surface area contributed by atoms with Crippen LogP contribution in [-0.4, -0.2) is 34.0 Å². The predicted octanol–water partition coefficient (Wildman–Crippen LogP) is 4.86. The number of aromatic nitrogens is 3. The highest BCUT2D eigenvalue weighted by atomic mass is 35.5. The topological polar surface area (TPSA) is 91.1 Å². The van der Waals surface area contributed by atoms with E-state index in [1.807, 2.05) is 37.4 Å². The minimum atomic E-state index is -0.139. The second-order valence-electron chi connectivity index (χ2n) is 8.32. The van der Waals surface area contributed by atoms with E-state index in [4.69, 9.17) is 26.5 Å². The van der Waals surface area contributed by atoms with Gasteiger partial charge in [-0.2, -0.15) is 5.10 Å². The fraction of sp³-hybridized carbons (Fsp3) is 0.333. The molecule has 8 heteroatoms. The Morgan fingerprint density at radius 2 is 2.16 bits per heavy atom. The monoisotopic (exact) mass is 451 g/mol. The van der Waals surface area contributed by atoms with Gasteiger partial charge in [0, 0.05) is 35.0 Å². The van der Waals surface area contributed by atoms with Gasteiger partial charge in [-0.15, -0.1) is 0 Å². The molecule has 3 aromatic heterocycles. The fourth-order valence-electron chi connectivity index (χ4n) is 4.30. The molecule has 0 amide bonds. The van der Waals surface area contributed by atoms with Crippen molar-refractivity contribution in [2.45, 2.75) is 38.3 Å². The van der Waals surface area contributed by atoms with E-state index in [0.717, 1.165) is 48.0 Å². The number of halogens is 1. The normalized spacial score (nSPS) is 15.8. The summed E-state index contributed by atoms with van der Waals surface area (Å²) in [5.74, 6) is 0.774. The third-order valence-electron chi connectivity index (χ3n) is 5.93. The van der Waals surface area contributed by atoms with Crippen LogP contribution in [0, 0.1) is 0 Å². The molecule has 1 fully saturated rings. The maximum absolute atomic E-state index is 6.20. The summed E-state index contributed by atoms with van der Waals surface area (Å²) in [4.78, 5) is 4.37. The summed E-state index contributed by atoms with van der Waals surface area (Å²) in [6.45, 7) is 4.03. The summed E-state index contributed by atoms with van der Waals surface area (Å²) in [5, 5.41) is 9.56. The van der Waals surface area contributed by atoms with Crippen molar-refractivity contribution in [3.05, 3.63) is 59.7 Å². The zero-order chi connectivity index (χ0) is 22.1. The number of furan rings is 1. The molecule has 0 radical (unpaired) electrons. The number of nitrogens with zero attached hydrogens (tertiary/aromatic N) is 3. The molecule has 32 heavy (non-hydrogen) atoms. The Kier molecular flexibility index (Phi) is 5.76. The van der Waals surface area contributed by atoms with Gasteiger partial charge in [-0.25, -0.2) is 4.98 Å². The molecule has 0 spiro atoms. The lowest BCUT2D eigenvalue weighted by Crippen LogP contribution is -2.29. The molecule has 4 aromatic rings. The quantitative estimate of drug-likeness (QED) is 0.435. The fourth-order valence-corrected chi connectivity index (χ4v) is 4.52. The Hall–Kier alpha value is -3.03. The smallest absolute Gasteiger partial charge is 0.205 e. The molecule has 1 aliphatic heterocycles. The van der Waals surface area contributed by atoms with E-state index in [1.54, 1.807) is 12.5 Å². The summed E-state index contributed by atoms with van der Waals surface area (Å²) in [6, 6.07) is 8.18. The summed E-state index contributed by atoms with van der Waals surface area (Å²) < 4.78 is 14.2. The van der Waals surface area contributed by atoms with Crippen LogP contribution in [0.4, 0.5) is 5.82 Å². The van der Waals surface area contributed by atoms with Crippen LogP contribution in [0.25, 0.3) is 22.1 Å². The number of ether oxygens (including phenoxy) is 1. The molecule has 1 aromatic carbocycles. The van der Waals surface area contributed by atoms with Crippen molar-refractivity contribution in [1.82, 2.24) is 20.1 Å². The van der Waals surface area contributed by atoms with Gasteiger partial charge in [-0.3, -0.25) is 4.68 Å². The van der Waals surface area contributed by atoms with Gasteiger partial charge in [0.1, 0.15) is 12.4 Å². The van der Waals surface area contributed by atoms with Gasteiger partial charge in [-0.1, -0.05) is 23.7 Å². The van der Waals surface area contributed by atoms with Crippen molar-refractivity contribution in [3.8, 4) is 16.9 Å². The lowest BCUT2D eigenvalue weighted by atomic mass is 10.1. The van der Waals surface area contributed by atoms with Crippen LogP contribution in [0.2, 0.25) is 5.02 Å². The summed E-state index contributed by atoms with van der Waals surface area (Å²) in [7, 11) is 0. The van der Waals surface area contributed by atoms with E-state index in [9.17, 15) is 0 Å². The number of fused-ring (bicyclic) bond motifs is 1. The van der Waals surface area contributed by atoms with E-state index in [-0.39, 0.29) is 6.10 Å². The van der Waals surface area contributed by atoms with Crippen molar-refractivity contribution in [2.75, 3.05) is 18.8 Å². The number of rotatable bonds is 6. The summed E-state index contributed by atoms with van der Waals surface area (Å²) >= 11 is 6.11. The first-order chi connectivity index (χ1) is 15.6. The standard InChI is InChI=1S/C24H26ClN5O2/c1-15(9-16-3-2-4-18(25)10-16)32-23-22-20(12-28-24(23)26)21(14-31-22)17-11-29-30(13-17)19-5-7-27-8-6-19/h2-4,10-15,19,27H,5-9H2,1H3,(H2,26,28). The first-order valence-electron chi connectivity index (χ1n) is 10.9. The van der Waals surface area contributed by atoms with E-state index >= 15 is 0 Å². The molecule has 1 atom stereocenters. The highest BCUT2D eigenvalue weighted by molar-refractivity contribution is 6.30. The van der Waals surface area contributed by atoms with Crippen LogP contribution in [0.15, 0.2) is 53.5 Å². The minimum Gasteiger partial charge on any atom is -0.483 e. The van der Waals surface area contributed by atoms with Gasteiger partial charge < -0.3 is 20.2 Å². The first kappa shape index (κ1) is 20.8. The van der Waals surface area contributed by atoms with Gasteiger partial charge in [0.05, 0.1) is 17.6 Å². The van der Waals surface area contributed by atoms with Crippen molar-refractivity contribution in [1.29, 1.82) is 0 Å². The van der Waals surface area contributed by atoms with Crippen molar-refractivity contribution in [2.24, 2.45) is 0 Å². The Morgan fingerprint density at radius 1 is 1.31 bits per heavy atom. The maximum Gasteiger partial charge on any atom is 0.205 e. The molecule has 0 bridgehead atoms. The lowest BCUT2D eigenvalue weighted by molar-refractivity contribution is 0.223. The zero-order valence-corrected chi connectivity index (χ0v) is 18.7. The number of nitrogens with one attached hydrogen (secondary N) is 1. The average Bonchev–Trinajstić information content (AvgIpc) is 3.43. The number of benzene rings is 1. The number of anilines is 1. The number of nitrogen functional groups attached to an aromatic ring is 1. The molecule has 166 valence electrons. The third-order valence-corrected chi connectivity index (χ3v) is 6.16. The highest BCUT2D eigenvalue weighted by Gasteiger charge is 2.21. The molecule has 3 N–H and O–H groups in total. The number of hydrogen-bond acceptors (Lipinski definition) is 6. The van der Waals surface area contributed by atoms with Gasteiger partial charge in [0.2, 0.25) is 5.75 Å². The predicted molar refractivity (Wildman–Crippen MR) is 126 cm³/mol. The highest BCUT2D eigenvalue weighted by Crippen LogP contribution is 2.38. The first-order valence-corrected chi connectivity index (χ1v) is 11.3. The van der Waals surface area contributed by atoms with Gasteiger partial charge >= 0.3 is 0 Å². The lowest BCUT2D eigenvalue weighted by Gasteiger charge is -2.22. The van der Waals surface area contributed by atoms with E-state index in [2.05, 4.69) is 26.3 Å². The molecule has 1 unspecified atom stereocenters. The Labute approximate surface area is 191 Å².